The van der Waals surface area contributed by atoms with Crippen molar-refractivity contribution in [2.75, 3.05) is 20.3 Å². The van der Waals surface area contributed by atoms with Crippen LogP contribution in [0.5, 0.6) is 11.8 Å². The average Bonchev–Trinajstić information content (AvgIpc) is 3.55. The number of aromatic nitrogens is 6. The molecular weight excluding hydrogens is 624 g/mol. The molecule has 0 unspecified atom stereocenters. The molecule has 5 rings (SSSR count). The molecule has 14 heteroatoms. The number of benzene rings is 1. The van der Waals surface area contributed by atoms with E-state index in [2.05, 4.69) is 36.4 Å². The Bertz CT molecular complexity index is 1780. The molecule has 1 aliphatic heterocycles. The van der Waals surface area contributed by atoms with Gasteiger partial charge in [0.1, 0.15) is 48.3 Å². The largest absolute Gasteiger partial charge is 0.474 e. The molecule has 1 amide bonds. The summed E-state index contributed by atoms with van der Waals surface area (Å²) in [5, 5.41) is 4.38. The highest BCUT2D eigenvalue weighted by atomic mass is 19.1. The second-order valence-electron chi connectivity index (χ2n) is 12.3. The molecule has 254 valence electrons. The van der Waals surface area contributed by atoms with Crippen molar-refractivity contribution in [1.82, 2.24) is 34.6 Å². The van der Waals surface area contributed by atoms with Gasteiger partial charge in [-0.05, 0) is 51.8 Å². The van der Waals surface area contributed by atoms with Crippen molar-refractivity contribution in [3.8, 4) is 22.9 Å². The van der Waals surface area contributed by atoms with Gasteiger partial charge in [0, 0.05) is 25.4 Å². The maximum Gasteiger partial charge on any atom is 0.345 e. The number of nitrogens with zero attached hydrogens (tertiary/aromatic N) is 7. The Hall–Kier alpha value is -5.27. The zero-order valence-electron chi connectivity index (χ0n) is 28.1. The average molecular weight is 664 g/mol. The number of aryl methyl sites for hydroxylation is 2. The summed E-state index contributed by atoms with van der Waals surface area (Å²) in [6.45, 7) is 11.5. The second kappa shape index (κ2) is 14.7. The minimum absolute atomic E-state index is 0.0162. The summed E-state index contributed by atoms with van der Waals surface area (Å²) in [5.74, 6) is -0.736. The van der Waals surface area contributed by atoms with Gasteiger partial charge in [-0.1, -0.05) is 30.8 Å². The fourth-order valence-corrected chi connectivity index (χ4v) is 4.70. The number of fused-ring (bicyclic) bond motifs is 1. The van der Waals surface area contributed by atoms with E-state index >= 15 is 0 Å². The first-order valence-corrected chi connectivity index (χ1v) is 15.0. The molecule has 0 spiro atoms. The van der Waals surface area contributed by atoms with Gasteiger partial charge in [-0.3, -0.25) is 9.48 Å². The molecule has 12 nitrogen and oxygen atoms in total. The number of carbonyl (C=O) groups is 2. The molecule has 0 saturated heterocycles. The molecule has 3 aromatic heterocycles. The topological polar surface area (TPSA) is 134 Å². The van der Waals surface area contributed by atoms with Gasteiger partial charge >= 0.3 is 5.97 Å². The first-order chi connectivity index (χ1) is 22.6. The molecule has 0 atom stereocenters. The lowest BCUT2D eigenvalue weighted by atomic mass is 10.0. The standard InChI is InChI=1S/C22H24FN5O2.C12H15FN2O3/c1-14-17(10-27(4)26-14)16-7-5-15(6-8-16)9-28-11-18-19(21(28)29)20(25-13-24-18)30-12-22(2,3)23;1-5-8-9(11(16)17-4)10(15-7-14-8)18-6-12(2,3)13/h5-8,10,13H,9,11-12H2,1-4H3;5,7H,1,6H2,2-4H3. The van der Waals surface area contributed by atoms with Gasteiger partial charge in [0.25, 0.3) is 5.91 Å². The highest BCUT2D eigenvalue weighted by molar-refractivity contribution is 5.99. The van der Waals surface area contributed by atoms with Gasteiger partial charge in [-0.2, -0.15) is 5.10 Å². The van der Waals surface area contributed by atoms with Crippen molar-refractivity contribution in [3.05, 3.63) is 83.5 Å². The highest BCUT2D eigenvalue weighted by Gasteiger charge is 2.33. The Balaban J connectivity index is 0.000000248. The van der Waals surface area contributed by atoms with Crippen molar-refractivity contribution in [1.29, 1.82) is 0 Å². The van der Waals surface area contributed by atoms with Crippen LogP contribution in [0.3, 0.4) is 0 Å². The Morgan fingerprint density at radius 2 is 1.58 bits per heavy atom. The molecule has 0 N–H and O–H groups in total. The minimum atomic E-state index is -1.54. The summed E-state index contributed by atoms with van der Waals surface area (Å²) in [6.07, 6.45) is 5.93. The third-order valence-electron chi connectivity index (χ3n) is 6.91. The van der Waals surface area contributed by atoms with Crippen LogP contribution in [0.4, 0.5) is 8.78 Å². The van der Waals surface area contributed by atoms with Gasteiger partial charge in [0.2, 0.25) is 11.8 Å². The normalized spacial score (nSPS) is 12.6. The fourth-order valence-electron chi connectivity index (χ4n) is 4.70. The first kappa shape index (κ1) is 35.6. The molecular formula is C34H39F2N7O5. The predicted octanol–water partition coefficient (Wildman–Crippen LogP) is 5.50. The summed E-state index contributed by atoms with van der Waals surface area (Å²) in [4.78, 5) is 42.2. The molecule has 0 radical (unpaired) electrons. The van der Waals surface area contributed by atoms with Crippen LogP contribution in [0.25, 0.3) is 17.2 Å². The van der Waals surface area contributed by atoms with E-state index in [0.717, 1.165) is 22.4 Å². The summed E-state index contributed by atoms with van der Waals surface area (Å²) in [6, 6.07) is 8.08. The van der Waals surface area contributed by atoms with E-state index in [1.165, 1.54) is 53.5 Å². The zero-order valence-corrected chi connectivity index (χ0v) is 28.1. The molecule has 0 bridgehead atoms. The van der Waals surface area contributed by atoms with Gasteiger partial charge in [-0.25, -0.2) is 33.5 Å². The molecule has 1 aromatic carbocycles. The molecule has 4 heterocycles. The van der Waals surface area contributed by atoms with E-state index in [9.17, 15) is 18.4 Å². The summed E-state index contributed by atoms with van der Waals surface area (Å²) in [7, 11) is 3.13. The van der Waals surface area contributed by atoms with E-state index in [0.29, 0.717) is 24.3 Å². The number of ether oxygens (including phenoxy) is 3. The van der Waals surface area contributed by atoms with E-state index in [1.807, 2.05) is 44.4 Å². The van der Waals surface area contributed by atoms with Crippen LogP contribution >= 0.6 is 0 Å². The fraction of sp³-hybridized carbons (Fsp3) is 0.382. The van der Waals surface area contributed by atoms with Gasteiger partial charge in [-0.15, -0.1) is 0 Å². The second-order valence-corrected chi connectivity index (χ2v) is 12.3. The molecule has 0 saturated carbocycles. The maximum absolute atomic E-state index is 13.8. The van der Waals surface area contributed by atoms with Crippen LogP contribution in [-0.2, 0) is 24.9 Å². The number of carbonyl (C=O) groups excluding carboxylic acids is 2. The lowest BCUT2D eigenvalue weighted by Crippen LogP contribution is -2.25. The number of rotatable bonds is 11. The van der Waals surface area contributed by atoms with Crippen LogP contribution in [0.1, 0.15) is 71.1 Å². The smallest absolute Gasteiger partial charge is 0.345 e. The zero-order chi connectivity index (χ0) is 35.2. The van der Waals surface area contributed by atoms with Gasteiger partial charge < -0.3 is 19.1 Å². The number of amides is 1. The Morgan fingerprint density at radius 3 is 2.15 bits per heavy atom. The minimum Gasteiger partial charge on any atom is -0.474 e. The number of halogens is 2. The lowest BCUT2D eigenvalue weighted by molar-refractivity contribution is 0.0585. The molecule has 4 aromatic rings. The number of alkyl halides is 2. The Labute approximate surface area is 277 Å². The van der Waals surface area contributed by atoms with Gasteiger partial charge in [0.05, 0.1) is 30.7 Å². The van der Waals surface area contributed by atoms with Crippen LogP contribution in [0.15, 0.2) is 49.7 Å². The van der Waals surface area contributed by atoms with E-state index < -0.39 is 17.3 Å². The monoisotopic (exact) mass is 663 g/mol. The van der Waals surface area contributed by atoms with Crippen molar-refractivity contribution >= 4 is 18.0 Å². The molecule has 1 aliphatic rings. The molecule has 0 aliphatic carbocycles. The third kappa shape index (κ3) is 8.96. The quantitative estimate of drug-likeness (QED) is 0.189. The Morgan fingerprint density at radius 1 is 0.979 bits per heavy atom. The van der Waals surface area contributed by atoms with E-state index in [-0.39, 0.29) is 42.1 Å². The first-order valence-electron chi connectivity index (χ1n) is 15.0. The predicted molar refractivity (Wildman–Crippen MR) is 174 cm³/mol. The molecule has 0 fully saturated rings. The van der Waals surface area contributed by atoms with Crippen LogP contribution in [0.2, 0.25) is 0 Å². The number of hydrogen-bond acceptors (Lipinski definition) is 10. The number of methoxy groups -OCH3 is 1. The number of hydrogen-bond donors (Lipinski definition) is 0. The van der Waals surface area contributed by atoms with Crippen LogP contribution in [-0.4, -0.2) is 78.2 Å². The SMILES string of the molecule is C=Cc1ncnc(OCC(C)(C)F)c1C(=O)OC.Cc1nn(C)cc1-c1ccc(CN2Cc3ncnc(OCC(C)(C)F)c3C2=O)cc1. The summed E-state index contributed by atoms with van der Waals surface area (Å²) < 4.78 is 44.2. The summed E-state index contributed by atoms with van der Waals surface area (Å²) >= 11 is 0. The van der Waals surface area contributed by atoms with E-state index in [1.54, 1.807) is 9.58 Å². The highest BCUT2D eigenvalue weighted by Crippen LogP contribution is 2.30. The lowest BCUT2D eigenvalue weighted by Gasteiger charge is -2.17. The number of esters is 1. The third-order valence-corrected chi connectivity index (χ3v) is 6.91. The van der Waals surface area contributed by atoms with Crippen molar-refractivity contribution in [2.24, 2.45) is 7.05 Å². The Kier molecular flexibility index (Phi) is 10.9. The maximum atomic E-state index is 13.8. The van der Waals surface area contributed by atoms with Crippen LogP contribution in [0, 0.1) is 6.92 Å². The van der Waals surface area contributed by atoms with Crippen LogP contribution < -0.4 is 9.47 Å². The van der Waals surface area contributed by atoms with Crippen molar-refractivity contribution < 1.29 is 32.6 Å². The van der Waals surface area contributed by atoms with Crippen molar-refractivity contribution in [2.45, 2.75) is 59.0 Å². The van der Waals surface area contributed by atoms with Crippen molar-refractivity contribution in [3.63, 3.8) is 0 Å². The van der Waals surface area contributed by atoms with E-state index in [4.69, 9.17) is 9.47 Å². The van der Waals surface area contributed by atoms with Gasteiger partial charge in [0.15, 0.2) is 0 Å². The summed E-state index contributed by atoms with van der Waals surface area (Å²) in [5.41, 5.74) is 2.33. The molecule has 48 heavy (non-hydrogen) atoms.